The molecule has 0 bridgehead atoms. The Kier molecular flexibility index (Phi) is 3.29. The van der Waals surface area contributed by atoms with E-state index in [0.29, 0.717) is 11.4 Å². The van der Waals surface area contributed by atoms with Gasteiger partial charge < -0.3 is 5.32 Å². The Balaban J connectivity index is 2.14. The maximum absolute atomic E-state index is 9.36. The lowest BCUT2D eigenvalue weighted by Gasteiger charge is -2.13. The van der Waals surface area contributed by atoms with E-state index in [1.165, 1.54) is 0 Å². The predicted octanol–water partition coefficient (Wildman–Crippen LogP) is 4.47. The Labute approximate surface area is 123 Å². The number of hydrogen-bond donors (Lipinski definition) is 1. The van der Waals surface area contributed by atoms with Crippen LogP contribution in [0.3, 0.4) is 0 Å². The Hall–Kier alpha value is -2.86. The number of nitriles is 1. The molecule has 21 heavy (non-hydrogen) atoms. The molecule has 1 heterocycles. The molecule has 3 heteroatoms. The van der Waals surface area contributed by atoms with Crippen molar-refractivity contribution < 1.29 is 0 Å². The first kappa shape index (κ1) is 13.1. The van der Waals surface area contributed by atoms with E-state index >= 15 is 0 Å². The minimum absolute atomic E-state index is 0.552. The van der Waals surface area contributed by atoms with Crippen molar-refractivity contribution in [1.82, 2.24) is 4.98 Å². The molecule has 0 unspecified atom stereocenters. The van der Waals surface area contributed by atoms with Gasteiger partial charge in [-0.25, -0.2) is 4.98 Å². The van der Waals surface area contributed by atoms with Gasteiger partial charge in [0.15, 0.2) is 0 Å². The van der Waals surface area contributed by atoms with E-state index in [0.717, 1.165) is 27.7 Å². The third-order valence-corrected chi connectivity index (χ3v) is 3.57. The van der Waals surface area contributed by atoms with Crippen molar-refractivity contribution in [3.63, 3.8) is 0 Å². The number of nitrogens with one attached hydrogen (secondary N) is 1. The zero-order valence-corrected chi connectivity index (χ0v) is 12.0. The fourth-order valence-electron chi connectivity index (χ4n) is 2.43. The first-order valence-electron chi connectivity index (χ1n) is 6.82. The Morgan fingerprint density at radius 1 is 1.00 bits per heavy atom. The maximum atomic E-state index is 9.36. The molecule has 0 saturated heterocycles. The summed E-state index contributed by atoms with van der Waals surface area (Å²) < 4.78 is 0. The third kappa shape index (κ3) is 2.44. The number of anilines is 2. The van der Waals surface area contributed by atoms with Crippen molar-refractivity contribution in [3.8, 4) is 6.07 Å². The molecule has 0 atom stereocenters. The number of aromatic nitrogens is 1. The molecule has 2 aromatic carbocycles. The summed E-state index contributed by atoms with van der Waals surface area (Å²) in [6.07, 6.45) is 0. The highest BCUT2D eigenvalue weighted by molar-refractivity contribution is 5.84. The molecule has 0 aliphatic carbocycles. The fourth-order valence-corrected chi connectivity index (χ4v) is 2.43. The molecule has 0 amide bonds. The van der Waals surface area contributed by atoms with Crippen LogP contribution in [-0.2, 0) is 0 Å². The number of hydrogen-bond acceptors (Lipinski definition) is 3. The van der Waals surface area contributed by atoms with Crippen molar-refractivity contribution in [2.75, 3.05) is 5.32 Å². The van der Waals surface area contributed by atoms with Crippen LogP contribution in [0, 0.1) is 25.2 Å². The zero-order chi connectivity index (χ0) is 14.8. The zero-order valence-electron chi connectivity index (χ0n) is 12.0. The van der Waals surface area contributed by atoms with Gasteiger partial charge in [-0.15, -0.1) is 0 Å². The summed E-state index contributed by atoms with van der Waals surface area (Å²) in [5.74, 6) is 0.605. The molecule has 0 saturated carbocycles. The van der Waals surface area contributed by atoms with Crippen LogP contribution in [0.25, 0.3) is 10.9 Å². The monoisotopic (exact) mass is 273 g/mol. The van der Waals surface area contributed by atoms with Crippen molar-refractivity contribution in [1.29, 1.82) is 5.26 Å². The van der Waals surface area contributed by atoms with Gasteiger partial charge in [0.2, 0.25) is 0 Å². The van der Waals surface area contributed by atoms with Crippen molar-refractivity contribution in [3.05, 3.63) is 65.2 Å². The van der Waals surface area contributed by atoms with Crippen LogP contribution in [0.15, 0.2) is 48.5 Å². The molecule has 0 aliphatic rings. The van der Waals surface area contributed by atoms with Crippen LogP contribution in [0.1, 0.15) is 16.7 Å². The van der Waals surface area contributed by atoms with E-state index in [2.05, 4.69) is 16.4 Å². The van der Waals surface area contributed by atoms with Gasteiger partial charge in [0, 0.05) is 11.1 Å². The van der Waals surface area contributed by atoms with E-state index in [4.69, 9.17) is 0 Å². The lowest BCUT2D eigenvalue weighted by molar-refractivity contribution is 1.30. The summed E-state index contributed by atoms with van der Waals surface area (Å²) >= 11 is 0. The standard InChI is InChI=1S/C18H15N3/c1-12-6-5-7-13(2)17(12)21-18-15(11-19)10-14-8-3-4-9-16(14)20-18/h3-10H,1-2H3,(H,20,21). The Morgan fingerprint density at radius 2 is 1.71 bits per heavy atom. The SMILES string of the molecule is Cc1cccc(C)c1Nc1nc2ccccc2cc1C#N. The van der Waals surface area contributed by atoms with Crippen LogP contribution in [0.4, 0.5) is 11.5 Å². The number of benzene rings is 2. The fraction of sp³-hybridized carbons (Fsp3) is 0.111. The van der Waals surface area contributed by atoms with Gasteiger partial charge in [0.05, 0.1) is 11.1 Å². The number of fused-ring (bicyclic) bond motifs is 1. The topological polar surface area (TPSA) is 48.7 Å². The average molecular weight is 273 g/mol. The first-order chi connectivity index (χ1) is 10.2. The Bertz CT molecular complexity index is 840. The maximum Gasteiger partial charge on any atom is 0.149 e. The molecule has 3 aromatic rings. The lowest BCUT2D eigenvalue weighted by Crippen LogP contribution is -2.01. The number of aryl methyl sites for hydroxylation is 2. The molecular formula is C18H15N3. The number of nitrogens with zero attached hydrogens (tertiary/aromatic N) is 2. The molecule has 3 nitrogen and oxygen atoms in total. The smallest absolute Gasteiger partial charge is 0.149 e. The second kappa shape index (κ2) is 5.26. The Morgan fingerprint density at radius 3 is 2.43 bits per heavy atom. The number of rotatable bonds is 2. The van der Waals surface area contributed by atoms with Crippen LogP contribution >= 0.6 is 0 Å². The summed E-state index contributed by atoms with van der Waals surface area (Å²) in [6.45, 7) is 4.09. The van der Waals surface area contributed by atoms with E-state index in [1.807, 2.05) is 62.4 Å². The second-order valence-corrected chi connectivity index (χ2v) is 5.08. The molecule has 102 valence electrons. The molecule has 0 radical (unpaired) electrons. The van der Waals surface area contributed by atoms with Crippen molar-refractivity contribution in [2.45, 2.75) is 13.8 Å². The predicted molar refractivity (Wildman–Crippen MR) is 85.7 cm³/mol. The highest BCUT2D eigenvalue weighted by Gasteiger charge is 2.09. The highest BCUT2D eigenvalue weighted by Crippen LogP contribution is 2.27. The second-order valence-electron chi connectivity index (χ2n) is 5.08. The molecule has 1 N–H and O–H groups in total. The molecule has 0 aliphatic heterocycles. The van der Waals surface area contributed by atoms with Gasteiger partial charge in [-0.1, -0.05) is 36.4 Å². The van der Waals surface area contributed by atoms with Crippen LogP contribution in [-0.4, -0.2) is 4.98 Å². The summed E-state index contributed by atoms with van der Waals surface area (Å²) in [4.78, 5) is 4.59. The van der Waals surface area contributed by atoms with Gasteiger partial charge in [-0.2, -0.15) is 5.26 Å². The van der Waals surface area contributed by atoms with Crippen molar-refractivity contribution in [2.24, 2.45) is 0 Å². The lowest BCUT2D eigenvalue weighted by atomic mass is 10.1. The van der Waals surface area contributed by atoms with Crippen LogP contribution < -0.4 is 5.32 Å². The van der Waals surface area contributed by atoms with Crippen LogP contribution in [0.5, 0.6) is 0 Å². The summed E-state index contributed by atoms with van der Waals surface area (Å²) in [7, 11) is 0. The van der Waals surface area contributed by atoms with E-state index in [9.17, 15) is 5.26 Å². The van der Waals surface area contributed by atoms with Crippen LogP contribution in [0.2, 0.25) is 0 Å². The quantitative estimate of drug-likeness (QED) is 0.749. The number of para-hydroxylation sites is 2. The molecule has 1 aromatic heterocycles. The van der Waals surface area contributed by atoms with Crippen molar-refractivity contribution >= 4 is 22.4 Å². The summed E-state index contributed by atoms with van der Waals surface area (Å²) in [6, 6.07) is 18.0. The van der Waals surface area contributed by atoms with Gasteiger partial charge in [0.25, 0.3) is 0 Å². The highest BCUT2D eigenvalue weighted by atomic mass is 15.0. The first-order valence-corrected chi connectivity index (χ1v) is 6.82. The number of pyridine rings is 1. The van der Waals surface area contributed by atoms with E-state index in [1.54, 1.807) is 0 Å². The van der Waals surface area contributed by atoms with Gasteiger partial charge in [0.1, 0.15) is 11.9 Å². The van der Waals surface area contributed by atoms with Gasteiger partial charge in [-0.05, 0) is 37.1 Å². The molecule has 0 fully saturated rings. The van der Waals surface area contributed by atoms with Gasteiger partial charge >= 0.3 is 0 Å². The molecular weight excluding hydrogens is 258 g/mol. The summed E-state index contributed by atoms with van der Waals surface area (Å²) in [5.41, 5.74) is 4.71. The largest absolute Gasteiger partial charge is 0.339 e. The summed E-state index contributed by atoms with van der Waals surface area (Å²) in [5, 5.41) is 13.7. The van der Waals surface area contributed by atoms with E-state index < -0.39 is 0 Å². The van der Waals surface area contributed by atoms with E-state index in [-0.39, 0.29) is 0 Å². The third-order valence-electron chi connectivity index (χ3n) is 3.57. The molecule has 0 spiro atoms. The average Bonchev–Trinajstić information content (AvgIpc) is 2.50. The molecule has 3 rings (SSSR count). The minimum Gasteiger partial charge on any atom is -0.339 e. The van der Waals surface area contributed by atoms with Gasteiger partial charge in [-0.3, -0.25) is 0 Å². The minimum atomic E-state index is 0.552. The normalized spacial score (nSPS) is 10.3.